The zero-order valence-electron chi connectivity index (χ0n) is 9.38. The van der Waals surface area contributed by atoms with Gasteiger partial charge in [-0.15, -0.1) is 0 Å². The molecule has 0 aliphatic carbocycles. The smallest absolute Gasteiger partial charge is 0.237 e. The van der Waals surface area contributed by atoms with Crippen molar-refractivity contribution < 1.29 is 13.2 Å². The van der Waals surface area contributed by atoms with Crippen molar-refractivity contribution >= 4 is 15.9 Å². The number of rotatable bonds is 2. The van der Waals surface area contributed by atoms with E-state index in [1.807, 2.05) is 0 Å². The first-order chi connectivity index (χ1) is 7.39. The van der Waals surface area contributed by atoms with Gasteiger partial charge in [0.2, 0.25) is 15.9 Å². The van der Waals surface area contributed by atoms with E-state index >= 15 is 0 Å². The lowest BCUT2D eigenvalue weighted by Crippen LogP contribution is -2.41. The van der Waals surface area contributed by atoms with E-state index in [0.717, 1.165) is 4.31 Å². The Morgan fingerprint density at radius 2 is 2.06 bits per heavy atom. The van der Waals surface area contributed by atoms with Crippen LogP contribution < -0.4 is 0 Å². The van der Waals surface area contributed by atoms with Crippen LogP contribution in [0.5, 0.6) is 0 Å². The maximum absolute atomic E-state index is 11.9. The van der Waals surface area contributed by atoms with Crippen LogP contribution in [0.15, 0.2) is 0 Å². The molecular formula is C9H15N3O3S. The van der Waals surface area contributed by atoms with Gasteiger partial charge in [-0.3, -0.25) is 4.79 Å². The zero-order valence-corrected chi connectivity index (χ0v) is 10.2. The summed E-state index contributed by atoms with van der Waals surface area (Å²) in [5, 5.41) is 7.53. The van der Waals surface area contributed by atoms with E-state index in [2.05, 4.69) is 0 Å². The zero-order chi connectivity index (χ0) is 12.3. The summed E-state index contributed by atoms with van der Waals surface area (Å²) in [7, 11) is -2.02. The molecule has 1 unspecified atom stereocenters. The molecule has 16 heavy (non-hydrogen) atoms. The van der Waals surface area contributed by atoms with E-state index in [1.54, 1.807) is 13.1 Å². The molecule has 1 heterocycles. The summed E-state index contributed by atoms with van der Waals surface area (Å²) in [5.41, 5.74) is 0. The molecule has 1 atom stereocenters. The first kappa shape index (κ1) is 12.9. The van der Waals surface area contributed by atoms with Crippen LogP contribution in [0.2, 0.25) is 0 Å². The second-order valence-corrected chi connectivity index (χ2v) is 6.07. The van der Waals surface area contributed by atoms with Gasteiger partial charge in [0.05, 0.1) is 12.6 Å². The monoisotopic (exact) mass is 245 g/mol. The van der Waals surface area contributed by atoms with Crippen molar-refractivity contribution in [3.63, 3.8) is 0 Å². The highest BCUT2D eigenvalue weighted by Crippen LogP contribution is 2.12. The van der Waals surface area contributed by atoms with Crippen LogP contribution in [0.1, 0.15) is 13.3 Å². The summed E-state index contributed by atoms with van der Waals surface area (Å²) >= 11 is 0. The quantitative estimate of drug-likeness (QED) is 0.650. The van der Waals surface area contributed by atoms with Crippen LogP contribution in [0.3, 0.4) is 0 Å². The van der Waals surface area contributed by atoms with E-state index in [1.165, 1.54) is 11.8 Å². The Morgan fingerprint density at radius 1 is 1.44 bits per heavy atom. The Hall–Kier alpha value is -1.13. The van der Waals surface area contributed by atoms with Gasteiger partial charge in [-0.25, -0.2) is 8.42 Å². The number of amides is 1. The van der Waals surface area contributed by atoms with Crippen molar-refractivity contribution in [2.75, 3.05) is 26.7 Å². The van der Waals surface area contributed by atoms with Crippen LogP contribution in [-0.2, 0) is 14.8 Å². The predicted molar refractivity (Wildman–Crippen MR) is 57.8 cm³/mol. The van der Waals surface area contributed by atoms with Crippen LogP contribution in [0, 0.1) is 11.3 Å². The lowest BCUT2D eigenvalue weighted by Gasteiger charge is -2.20. The lowest BCUT2D eigenvalue weighted by molar-refractivity contribution is -0.129. The summed E-state index contributed by atoms with van der Waals surface area (Å²) in [6.07, 6.45) is 0.597. The van der Waals surface area contributed by atoms with Crippen LogP contribution in [0.4, 0.5) is 0 Å². The van der Waals surface area contributed by atoms with E-state index < -0.39 is 15.3 Å². The number of sulfonamides is 1. The first-order valence-corrected chi connectivity index (χ1v) is 6.52. The Balaban J connectivity index is 2.90. The SMILES string of the molecule is CC(C#N)S(=O)(=O)N1CCCN(C)C(=O)C1. The molecule has 0 N–H and O–H groups in total. The highest BCUT2D eigenvalue weighted by molar-refractivity contribution is 7.90. The highest BCUT2D eigenvalue weighted by atomic mass is 32.2. The third-order valence-electron chi connectivity index (χ3n) is 2.63. The lowest BCUT2D eigenvalue weighted by atomic mass is 10.4. The van der Waals surface area contributed by atoms with Gasteiger partial charge >= 0.3 is 0 Å². The fraction of sp³-hybridized carbons (Fsp3) is 0.778. The van der Waals surface area contributed by atoms with Crippen LogP contribution in [0.25, 0.3) is 0 Å². The Morgan fingerprint density at radius 3 is 2.62 bits per heavy atom. The normalized spacial score (nSPS) is 21.3. The number of nitriles is 1. The number of nitrogens with zero attached hydrogens (tertiary/aromatic N) is 3. The molecule has 7 heteroatoms. The number of hydrogen-bond donors (Lipinski definition) is 0. The summed E-state index contributed by atoms with van der Waals surface area (Å²) < 4.78 is 24.8. The van der Waals surface area contributed by atoms with Gasteiger partial charge in [0.25, 0.3) is 0 Å². The maximum Gasteiger partial charge on any atom is 0.237 e. The number of likely N-dealkylation sites (N-methyl/N-ethyl adjacent to an activating group) is 1. The Bertz CT molecular complexity index is 412. The van der Waals surface area contributed by atoms with E-state index in [0.29, 0.717) is 19.5 Å². The second-order valence-electron chi connectivity index (χ2n) is 3.82. The molecular weight excluding hydrogens is 230 g/mol. The van der Waals surface area contributed by atoms with Gasteiger partial charge in [0, 0.05) is 20.1 Å². The molecule has 0 saturated carbocycles. The molecule has 0 aromatic rings. The minimum Gasteiger partial charge on any atom is -0.345 e. The van der Waals surface area contributed by atoms with Gasteiger partial charge in [0.1, 0.15) is 0 Å². The predicted octanol–water partition coefficient (Wildman–Crippen LogP) is -0.608. The molecule has 1 saturated heterocycles. The van der Waals surface area contributed by atoms with Crippen molar-refractivity contribution in [3.05, 3.63) is 0 Å². The van der Waals surface area contributed by atoms with Crippen molar-refractivity contribution in [2.24, 2.45) is 0 Å². The fourth-order valence-electron chi connectivity index (χ4n) is 1.47. The van der Waals surface area contributed by atoms with Crippen LogP contribution in [-0.4, -0.2) is 55.5 Å². The standard InChI is InChI=1S/C9H15N3O3S/c1-8(6-10)16(14,15)12-5-3-4-11(2)9(13)7-12/h8H,3-5,7H2,1-2H3. The maximum atomic E-state index is 11.9. The average molecular weight is 245 g/mol. The largest absolute Gasteiger partial charge is 0.345 e. The van der Waals surface area contributed by atoms with Crippen molar-refractivity contribution in [1.82, 2.24) is 9.21 Å². The van der Waals surface area contributed by atoms with E-state index in [-0.39, 0.29) is 12.5 Å². The van der Waals surface area contributed by atoms with E-state index in [9.17, 15) is 13.2 Å². The second kappa shape index (κ2) is 4.80. The summed E-state index contributed by atoms with van der Waals surface area (Å²) in [6, 6.07) is 1.69. The first-order valence-electron chi connectivity index (χ1n) is 5.02. The summed E-state index contributed by atoms with van der Waals surface area (Å²) in [5.74, 6) is -0.230. The number of hydrogen-bond acceptors (Lipinski definition) is 4. The topological polar surface area (TPSA) is 81.5 Å². The van der Waals surface area contributed by atoms with Crippen LogP contribution >= 0.6 is 0 Å². The minimum absolute atomic E-state index is 0.162. The molecule has 1 amide bonds. The highest BCUT2D eigenvalue weighted by Gasteiger charge is 2.32. The molecule has 0 bridgehead atoms. The molecule has 1 fully saturated rings. The van der Waals surface area contributed by atoms with Crippen molar-refractivity contribution in [1.29, 1.82) is 5.26 Å². The van der Waals surface area contributed by atoms with Gasteiger partial charge in [-0.05, 0) is 13.3 Å². The summed E-state index contributed by atoms with van der Waals surface area (Å²) in [6.45, 7) is 2.01. The fourth-order valence-corrected chi connectivity index (χ4v) is 2.72. The minimum atomic E-state index is -3.67. The molecule has 1 aliphatic heterocycles. The Labute approximate surface area is 95.5 Å². The van der Waals surface area contributed by atoms with Gasteiger partial charge in [-0.1, -0.05) is 0 Å². The molecule has 0 spiro atoms. The number of carbonyl (C=O) groups is 1. The Kier molecular flexibility index (Phi) is 3.88. The molecule has 0 radical (unpaired) electrons. The van der Waals surface area contributed by atoms with Crippen molar-refractivity contribution in [2.45, 2.75) is 18.6 Å². The number of carbonyl (C=O) groups excluding carboxylic acids is 1. The third-order valence-corrected chi connectivity index (χ3v) is 4.66. The average Bonchev–Trinajstić information content (AvgIpc) is 2.41. The molecule has 1 rings (SSSR count). The molecule has 90 valence electrons. The van der Waals surface area contributed by atoms with Crippen molar-refractivity contribution in [3.8, 4) is 6.07 Å². The van der Waals surface area contributed by atoms with Gasteiger partial charge < -0.3 is 4.90 Å². The van der Waals surface area contributed by atoms with Gasteiger partial charge in [0.15, 0.2) is 5.25 Å². The summed E-state index contributed by atoms with van der Waals surface area (Å²) in [4.78, 5) is 13.0. The van der Waals surface area contributed by atoms with E-state index in [4.69, 9.17) is 5.26 Å². The third kappa shape index (κ3) is 2.51. The van der Waals surface area contributed by atoms with Gasteiger partial charge in [-0.2, -0.15) is 9.57 Å². The molecule has 0 aromatic heterocycles. The molecule has 1 aliphatic rings. The molecule has 0 aromatic carbocycles. The molecule has 6 nitrogen and oxygen atoms in total.